The van der Waals surface area contributed by atoms with Crippen LogP contribution in [0, 0.1) is 0 Å². The molecular formula is C11H21NO4. The van der Waals surface area contributed by atoms with Crippen LogP contribution in [0.1, 0.15) is 34.1 Å². The lowest BCUT2D eigenvalue weighted by molar-refractivity contribution is -0.150. The van der Waals surface area contributed by atoms with Gasteiger partial charge in [-0.05, 0) is 27.7 Å². The summed E-state index contributed by atoms with van der Waals surface area (Å²) in [5, 5.41) is 9.13. The molecule has 0 rings (SSSR count). The van der Waals surface area contributed by atoms with Gasteiger partial charge in [-0.3, -0.25) is 4.79 Å². The van der Waals surface area contributed by atoms with Gasteiger partial charge in [0.15, 0.2) is 0 Å². The predicted octanol–water partition coefficient (Wildman–Crippen LogP) is 1.12. The summed E-state index contributed by atoms with van der Waals surface area (Å²) in [6.07, 6.45) is 0.838. The number of amides is 1. The molecule has 0 radical (unpaired) electrons. The molecule has 0 aliphatic heterocycles. The standard InChI is InChI=1S/C11H21NO4/c1-8(2)12(7-13)9(10(14)15)6-11(3,4)16-5/h7-9H,6H2,1-5H3,(H,14,15). The van der Waals surface area contributed by atoms with Crippen molar-refractivity contribution in [3.8, 4) is 0 Å². The Kier molecular flexibility index (Phi) is 5.44. The molecule has 0 heterocycles. The van der Waals surface area contributed by atoms with E-state index in [1.165, 1.54) is 12.0 Å². The third kappa shape index (κ3) is 4.18. The lowest BCUT2D eigenvalue weighted by Crippen LogP contribution is -2.48. The Morgan fingerprint density at radius 2 is 2.00 bits per heavy atom. The highest BCUT2D eigenvalue weighted by atomic mass is 16.5. The number of carbonyl (C=O) groups excluding carboxylic acids is 1. The molecule has 0 fully saturated rings. The first-order chi connectivity index (χ1) is 7.25. The van der Waals surface area contributed by atoms with E-state index >= 15 is 0 Å². The van der Waals surface area contributed by atoms with E-state index < -0.39 is 17.6 Å². The number of nitrogens with zero attached hydrogens (tertiary/aromatic N) is 1. The van der Waals surface area contributed by atoms with E-state index in [0.29, 0.717) is 6.41 Å². The van der Waals surface area contributed by atoms with Crippen LogP contribution in [0.5, 0.6) is 0 Å². The highest BCUT2D eigenvalue weighted by Crippen LogP contribution is 2.20. The predicted molar refractivity (Wildman–Crippen MR) is 60.2 cm³/mol. The SMILES string of the molecule is COC(C)(C)CC(C(=O)O)N(C=O)C(C)C. The second-order valence-corrected chi connectivity index (χ2v) is 4.67. The summed E-state index contributed by atoms with van der Waals surface area (Å²) in [5.74, 6) is -1.01. The van der Waals surface area contributed by atoms with Crippen molar-refractivity contribution in [3.05, 3.63) is 0 Å². The molecular weight excluding hydrogens is 210 g/mol. The highest BCUT2D eigenvalue weighted by molar-refractivity contribution is 5.76. The van der Waals surface area contributed by atoms with Gasteiger partial charge in [-0.25, -0.2) is 4.79 Å². The van der Waals surface area contributed by atoms with Gasteiger partial charge in [0.25, 0.3) is 0 Å². The summed E-state index contributed by atoms with van der Waals surface area (Å²) < 4.78 is 5.19. The van der Waals surface area contributed by atoms with Crippen LogP contribution in [0.15, 0.2) is 0 Å². The number of carboxylic acids is 1. The quantitative estimate of drug-likeness (QED) is 0.667. The van der Waals surface area contributed by atoms with Gasteiger partial charge in [0.1, 0.15) is 6.04 Å². The molecule has 0 saturated heterocycles. The molecule has 0 aromatic carbocycles. The molecule has 0 saturated carbocycles. The number of methoxy groups -OCH3 is 1. The summed E-state index contributed by atoms with van der Waals surface area (Å²) in [5.41, 5.74) is -0.570. The Balaban J connectivity index is 4.86. The third-order valence-electron chi connectivity index (χ3n) is 2.60. The van der Waals surface area contributed by atoms with Gasteiger partial charge in [-0.1, -0.05) is 0 Å². The number of ether oxygens (including phenoxy) is 1. The van der Waals surface area contributed by atoms with Gasteiger partial charge in [0.2, 0.25) is 6.41 Å². The second-order valence-electron chi connectivity index (χ2n) is 4.67. The van der Waals surface area contributed by atoms with Crippen LogP contribution in [-0.4, -0.2) is 47.2 Å². The Morgan fingerprint density at radius 3 is 2.25 bits per heavy atom. The van der Waals surface area contributed by atoms with Crippen molar-refractivity contribution < 1.29 is 19.4 Å². The molecule has 5 heteroatoms. The molecule has 5 nitrogen and oxygen atoms in total. The molecule has 1 N–H and O–H groups in total. The second kappa shape index (κ2) is 5.84. The fourth-order valence-electron chi connectivity index (χ4n) is 1.42. The highest BCUT2D eigenvalue weighted by Gasteiger charge is 2.32. The van der Waals surface area contributed by atoms with Gasteiger partial charge < -0.3 is 14.7 Å². The average Bonchev–Trinajstić information content (AvgIpc) is 2.16. The molecule has 1 atom stereocenters. The summed E-state index contributed by atoms with van der Waals surface area (Å²) in [7, 11) is 1.53. The zero-order valence-electron chi connectivity index (χ0n) is 10.6. The van der Waals surface area contributed by atoms with E-state index in [4.69, 9.17) is 9.84 Å². The van der Waals surface area contributed by atoms with Crippen molar-refractivity contribution >= 4 is 12.4 Å². The monoisotopic (exact) mass is 231 g/mol. The normalized spacial score (nSPS) is 13.6. The largest absolute Gasteiger partial charge is 0.480 e. The van der Waals surface area contributed by atoms with Crippen molar-refractivity contribution in [1.29, 1.82) is 0 Å². The first kappa shape index (κ1) is 14.9. The van der Waals surface area contributed by atoms with Crippen LogP contribution in [-0.2, 0) is 14.3 Å². The smallest absolute Gasteiger partial charge is 0.326 e. The summed E-state index contributed by atoms with van der Waals surface area (Å²) in [6, 6.07) is -1.00. The number of carboxylic acid groups (broad SMARTS) is 1. The number of carbonyl (C=O) groups is 2. The lowest BCUT2D eigenvalue weighted by Gasteiger charge is -2.33. The number of hydrogen-bond donors (Lipinski definition) is 1. The van der Waals surface area contributed by atoms with Crippen LogP contribution in [0.2, 0.25) is 0 Å². The fraction of sp³-hybridized carbons (Fsp3) is 0.818. The molecule has 0 aromatic heterocycles. The molecule has 1 unspecified atom stereocenters. The van der Waals surface area contributed by atoms with E-state index in [9.17, 15) is 9.59 Å². The van der Waals surface area contributed by atoms with Crippen LogP contribution in [0.3, 0.4) is 0 Å². The zero-order chi connectivity index (χ0) is 12.9. The minimum absolute atomic E-state index is 0.147. The Hall–Kier alpha value is -1.10. The fourth-order valence-corrected chi connectivity index (χ4v) is 1.42. The summed E-state index contributed by atoms with van der Waals surface area (Å²) in [4.78, 5) is 23.3. The maximum atomic E-state index is 11.1. The Labute approximate surface area is 96.4 Å². The molecule has 0 bridgehead atoms. The molecule has 1 amide bonds. The number of rotatable bonds is 7. The van der Waals surface area contributed by atoms with Gasteiger partial charge >= 0.3 is 5.97 Å². The van der Waals surface area contributed by atoms with Crippen molar-refractivity contribution in [2.45, 2.75) is 51.8 Å². The van der Waals surface area contributed by atoms with Crippen molar-refractivity contribution in [1.82, 2.24) is 4.90 Å². The van der Waals surface area contributed by atoms with Gasteiger partial charge in [-0.2, -0.15) is 0 Å². The van der Waals surface area contributed by atoms with Gasteiger partial charge in [0.05, 0.1) is 5.60 Å². The first-order valence-electron chi connectivity index (χ1n) is 5.26. The van der Waals surface area contributed by atoms with Crippen molar-refractivity contribution in [2.75, 3.05) is 7.11 Å². The number of hydrogen-bond acceptors (Lipinski definition) is 3. The van der Waals surface area contributed by atoms with E-state index in [2.05, 4.69) is 0 Å². The topological polar surface area (TPSA) is 66.8 Å². The summed E-state index contributed by atoms with van der Waals surface area (Å²) in [6.45, 7) is 7.16. The third-order valence-corrected chi connectivity index (χ3v) is 2.60. The van der Waals surface area contributed by atoms with Gasteiger partial charge in [0, 0.05) is 19.6 Å². The molecule has 16 heavy (non-hydrogen) atoms. The average molecular weight is 231 g/mol. The molecule has 0 aliphatic carbocycles. The lowest BCUT2D eigenvalue weighted by atomic mass is 9.97. The van der Waals surface area contributed by atoms with Crippen molar-refractivity contribution in [2.24, 2.45) is 0 Å². The maximum Gasteiger partial charge on any atom is 0.326 e. The van der Waals surface area contributed by atoms with E-state index in [0.717, 1.165) is 0 Å². The van der Waals surface area contributed by atoms with Crippen LogP contribution < -0.4 is 0 Å². The van der Waals surface area contributed by atoms with Crippen molar-refractivity contribution in [3.63, 3.8) is 0 Å². The zero-order valence-corrected chi connectivity index (χ0v) is 10.6. The summed E-state index contributed by atoms with van der Waals surface area (Å²) >= 11 is 0. The molecule has 0 aliphatic rings. The van der Waals surface area contributed by atoms with Crippen LogP contribution in [0.25, 0.3) is 0 Å². The molecule has 0 aromatic rings. The molecule has 0 spiro atoms. The Morgan fingerprint density at radius 1 is 1.50 bits per heavy atom. The molecule has 94 valence electrons. The Bertz CT molecular complexity index is 250. The maximum absolute atomic E-state index is 11.1. The van der Waals surface area contributed by atoms with E-state index in [-0.39, 0.29) is 12.5 Å². The van der Waals surface area contributed by atoms with E-state index in [1.807, 2.05) is 0 Å². The minimum Gasteiger partial charge on any atom is -0.480 e. The van der Waals surface area contributed by atoms with Gasteiger partial charge in [-0.15, -0.1) is 0 Å². The first-order valence-corrected chi connectivity index (χ1v) is 5.26. The number of aliphatic carboxylic acids is 1. The minimum atomic E-state index is -1.01. The van der Waals surface area contributed by atoms with E-state index in [1.54, 1.807) is 27.7 Å². The van der Waals surface area contributed by atoms with Crippen LogP contribution >= 0.6 is 0 Å². The van der Waals surface area contributed by atoms with Crippen LogP contribution in [0.4, 0.5) is 0 Å².